The molecule has 3 aromatic rings. The van der Waals surface area contributed by atoms with Crippen LogP contribution in [0.3, 0.4) is 0 Å². The van der Waals surface area contributed by atoms with Crippen LogP contribution in [0, 0.1) is 5.82 Å². The number of hydrogen-bond acceptors (Lipinski definition) is 4. The number of nitrogens with one attached hydrogen (secondary N) is 1. The van der Waals surface area contributed by atoms with Gasteiger partial charge in [0.2, 0.25) is 0 Å². The molecule has 29 heavy (non-hydrogen) atoms. The molecule has 156 valence electrons. The Morgan fingerprint density at radius 2 is 1.90 bits per heavy atom. The van der Waals surface area contributed by atoms with Crippen LogP contribution in [0.1, 0.15) is 36.0 Å². The van der Waals surface area contributed by atoms with E-state index in [0.717, 1.165) is 22.0 Å². The van der Waals surface area contributed by atoms with Crippen LogP contribution < -0.4 is 5.73 Å². The van der Waals surface area contributed by atoms with Crippen molar-refractivity contribution in [2.45, 2.75) is 37.2 Å². The molecule has 2 aromatic carbocycles. The van der Waals surface area contributed by atoms with Gasteiger partial charge in [-0.05, 0) is 66.3 Å². The predicted octanol–water partition coefficient (Wildman–Crippen LogP) is 3.92. The lowest BCUT2D eigenvalue weighted by atomic mass is 9.95. The summed E-state index contributed by atoms with van der Waals surface area (Å²) in [6.07, 6.45) is 4.35. The lowest BCUT2D eigenvalue weighted by Gasteiger charge is -2.12. The molecule has 0 aliphatic heterocycles. The van der Waals surface area contributed by atoms with Crippen LogP contribution in [-0.2, 0) is 27.6 Å². The standard InChI is InChI=1S/C22H27FN2O3S/c1-15(12-24)19-13-25-21-10-9-20(23)18(22(19)21)4-3-11-28-14-16-5-7-17(8-6-16)29(2,26)27/h5-10,13,15,25H,3-4,11-12,14,24H2,1-2H3. The molecule has 3 N–H and O–H groups in total. The molecule has 1 heterocycles. The molecule has 0 bridgehead atoms. The van der Waals surface area contributed by atoms with E-state index in [4.69, 9.17) is 10.5 Å². The van der Waals surface area contributed by atoms with Gasteiger partial charge in [0.05, 0.1) is 11.5 Å². The molecule has 0 spiro atoms. The Kier molecular flexibility index (Phi) is 6.72. The summed E-state index contributed by atoms with van der Waals surface area (Å²) in [5, 5.41) is 0.930. The van der Waals surface area contributed by atoms with Crippen molar-refractivity contribution in [1.29, 1.82) is 0 Å². The maximum absolute atomic E-state index is 14.5. The van der Waals surface area contributed by atoms with Gasteiger partial charge >= 0.3 is 0 Å². The predicted molar refractivity (Wildman–Crippen MR) is 113 cm³/mol. The van der Waals surface area contributed by atoms with Crippen molar-refractivity contribution in [3.05, 3.63) is 65.1 Å². The van der Waals surface area contributed by atoms with Crippen LogP contribution in [0.2, 0.25) is 0 Å². The van der Waals surface area contributed by atoms with E-state index in [9.17, 15) is 12.8 Å². The fourth-order valence-electron chi connectivity index (χ4n) is 3.43. The number of benzene rings is 2. The van der Waals surface area contributed by atoms with Crippen molar-refractivity contribution in [3.8, 4) is 0 Å². The third-order valence-corrected chi connectivity index (χ3v) is 6.28. The molecule has 1 atom stereocenters. The molecule has 7 heteroatoms. The van der Waals surface area contributed by atoms with Gasteiger partial charge in [-0.25, -0.2) is 12.8 Å². The van der Waals surface area contributed by atoms with Gasteiger partial charge in [0.25, 0.3) is 0 Å². The van der Waals surface area contributed by atoms with Crippen molar-refractivity contribution < 1.29 is 17.5 Å². The summed E-state index contributed by atoms with van der Waals surface area (Å²) in [6.45, 7) is 3.41. The summed E-state index contributed by atoms with van der Waals surface area (Å²) >= 11 is 0. The summed E-state index contributed by atoms with van der Waals surface area (Å²) < 4.78 is 43.2. The van der Waals surface area contributed by atoms with Gasteiger partial charge in [-0.15, -0.1) is 0 Å². The minimum absolute atomic E-state index is 0.149. The Hall–Kier alpha value is -2.22. The number of hydrogen-bond donors (Lipinski definition) is 2. The highest BCUT2D eigenvalue weighted by Crippen LogP contribution is 2.30. The number of sulfone groups is 1. The lowest BCUT2D eigenvalue weighted by Crippen LogP contribution is -2.09. The van der Waals surface area contributed by atoms with Crippen LogP contribution >= 0.6 is 0 Å². The second kappa shape index (κ2) is 9.07. The number of aryl methyl sites for hydroxylation is 1. The number of aromatic amines is 1. The van der Waals surface area contributed by atoms with Crippen molar-refractivity contribution in [1.82, 2.24) is 4.98 Å². The van der Waals surface area contributed by atoms with Crippen molar-refractivity contribution in [2.24, 2.45) is 5.73 Å². The van der Waals surface area contributed by atoms with Crippen molar-refractivity contribution >= 4 is 20.7 Å². The van der Waals surface area contributed by atoms with Crippen molar-refractivity contribution in [3.63, 3.8) is 0 Å². The van der Waals surface area contributed by atoms with E-state index in [2.05, 4.69) is 4.98 Å². The number of halogens is 1. The maximum Gasteiger partial charge on any atom is 0.175 e. The molecule has 0 saturated carbocycles. The highest BCUT2D eigenvalue weighted by Gasteiger charge is 2.16. The molecular weight excluding hydrogens is 391 g/mol. The van der Waals surface area contributed by atoms with Crippen LogP contribution in [0.25, 0.3) is 10.9 Å². The summed E-state index contributed by atoms with van der Waals surface area (Å²) in [7, 11) is -3.20. The van der Waals surface area contributed by atoms with Crippen LogP contribution in [0.15, 0.2) is 47.5 Å². The smallest absolute Gasteiger partial charge is 0.175 e. The minimum Gasteiger partial charge on any atom is -0.377 e. The summed E-state index contributed by atoms with van der Waals surface area (Å²) in [5.41, 5.74) is 9.37. The zero-order chi connectivity index (χ0) is 21.0. The summed E-state index contributed by atoms with van der Waals surface area (Å²) in [6, 6.07) is 9.91. The Morgan fingerprint density at radius 1 is 1.17 bits per heavy atom. The topological polar surface area (TPSA) is 85.2 Å². The fraction of sp³-hybridized carbons (Fsp3) is 0.364. The second-order valence-corrected chi connectivity index (χ2v) is 9.42. The maximum atomic E-state index is 14.5. The van der Waals surface area contributed by atoms with Gasteiger partial charge in [-0.3, -0.25) is 0 Å². The van der Waals surface area contributed by atoms with Gasteiger partial charge in [-0.2, -0.15) is 0 Å². The molecule has 5 nitrogen and oxygen atoms in total. The van der Waals surface area contributed by atoms with E-state index in [1.54, 1.807) is 30.3 Å². The number of H-pyrrole nitrogens is 1. The number of rotatable bonds is 9. The van der Waals surface area contributed by atoms with E-state index in [1.165, 1.54) is 12.3 Å². The average molecular weight is 419 g/mol. The number of fused-ring (bicyclic) bond motifs is 1. The number of aromatic nitrogens is 1. The van der Waals surface area contributed by atoms with Crippen LogP contribution in [0.5, 0.6) is 0 Å². The highest BCUT2D eigenvalue weighted by atomic mass is 32.2. The Labute approximate surface area is 171 Å². The minimum atomic E-state index is -3.20. The molecule has 3 rings (SSSR count). The Morgan fingerprint density at radius 3 is 2.55 bits per heavy atom. The van der Waals surface area contributed by atoms with Gasteiger partial charge in [0.15, 0.2) is 9.84 Å². The van der Waals surface area contributed by atoms with Gasteiger partial charge < -0.3 is 15.5 Å². The zero-order valence-corrected chi connectivity index (χ0v) is 17.6. The number of ether oxygens (including phenoxy) is 1. The van der Waals surface area contributed by atoms with Crippen LogP contribution in [-0.4, -0.2) is 32.8 Å². The molecule has 0 saturated heterocycles. The fourth-order valence-corrected chi connectivity index (χ4v) is 4.06. The normalized spacial score (nSPS) is 13.1. The van der Waals surface area contributed by atoms with Gasteiger partial charge in [0.1, 0.15) is 5.82 Å². The first kappa shape index (κ1) is 21.5. The molecule has 0 amide bonds. The highest BCUT2D eigenvalue weighted by molar-refractivity contribution is 7.90. The second-order valence-electron chi connectivity index (χ2n) is 7.40. The molecule has 0 aliphatic rings. The Balaban J connectivity index is 1.60. The first-order valence-electron chi connectivity index (χ1n) is 9.66. The van der Waals surface area contributed by atoms with Crippen molar-refractivity contribution in [2.75, 3.05) is 19.4 Å². The third kappa shape index (κ3) is 5.04. The molecule has 0 fully saturated rings. The first-order chi connectivity index (χ1) is 13.8. The quantitative estimate of drug-likeness (QED) is 0.516. The average Bonchev–Trinajstić information content (AvgIpc) is 3.12. The largest absolute Gasteiger partial charge is 0.377 e. The Bertz CT molecular complexity index is 1080. The van der Waals surface area contributed by atoms with Gasteiger partial charge in [0, 0.05) is 30.0 Å². The third-order valence-electron chi connectivity index (χ3n) is 5.15. The summed E-state index contributed by atoms with van der Waals surface area (Å²) in [4.78, 5) is 3.50. The van der Waals surface area contributed by atoms with E-state index in [-0.39, 0.29) is 11.7 Å². The van der Waals surface area contributed by atoms with E-state index < -0.39 is 9.84 Å². The van der Waals surface area contributed by atoms with Gasteiger partial charge in [-0.1, -0.05) is 19.1 Å². The summed E-state index contributed by atoms with van der Waals surface area (Å²) in [5.74, 6) is -0.0607. The lowest BCUT2D eigenvalue weighted by molar-refractivity contribution is 0.118. The monoisotopic (exact) mass is 418 g/mol. The molecule has 0 aliphatic carbocycles. The van der Waals surface area contributed by atoms with Crippen LogP contribution in [0.4, 0.5) is 4.39 Å². The molecule has 0 radical (unpaired) electrons. The van der Waals surface area contributed by atoms with E-state index in [1.807, 2.05) is 13.1 Å². The zero-order valence-electron chi connectivity index (χ0n) is 16.7. The SMILES string of the molecule is CC(CN)c1c[nH]c2ccc(F)c(CCCOCc3ccc(S(C)(=O)=O)cc3)c12. The number of nitrogens with two attached hydrogens (primary N) is 1. The molecule has 1 aromatic heterocycles. The van der Waals surface area contributed by atoms with E-state index >= 15 is 0 Å². The molecule has 1 unspecified atom stereocenters. The first-order valence-corrected chi connectivity index (χ1v) is 11.6. The molecular formula is C22H27FN2O3S. The van der Waals surface area contributed by atoms with E-state index in [0.29, 0.717) is 43.1 Å².